The molecule has 1 atom stereocenters. The molecule has 158 valence electrons. The van der Waals surface area contributed by atoms with Crippen LogP contribution in [0.5, 0.6) is 11.5 Å². The van der Waals surface area contributed by atoms with Gasteiger partial charge in [-0.2, -0.15) is 0 Å². The highest BCUT2D eigenvalue weighted by atomic mass is 16.5. The Balaban J connectivity index is 1.34. The first-order valence-electron chi connectivity index (χ1n) is 10.3. The van der Waals surface area contributed by atoms with Gasteiger partial charge in [0.05, 0.1) is 37.4 Å². The van der Waals surface area contributed by atoms with Gasteiger partial charge in [-0.25, -0.2) is 4.98 Å². The van der Waals surface area contributed by atoms with E-state index in [2.05, 4.69) is 20.2 Å². The molecule has 4 rings (SSSR count). The normalized spacial score (nSPS) is 17.1. The topological polar surface area (TPSA) is 79.5 Å². The van der Waals surface area contributed by atoms with Crippen LogP contribution in [-0.2, 0) is 6.54 Å². The summed E-state index contributed by atoms with van der Waals surface area (Å²) in [4.78, 5) is 23.2. The van der Waals surface area contributed by atoms with Gasteiger partial charge in [-0.1, -0.05) is 18.2 Å². The number of aromatic amines is 1. The number of rotatable bonds is 7. The molecule has 1 saturated heterocycles. The molecule has 3 aromatic rings. The molecule has 2 aromatic carbocycles. The van der Waals surface area contributed by atoms with Crippen LogP contribution < -0.4 is 14.8 Å². The Morgan fingerprint density at radius 2 is 2.07 bits per heavy atom. The molecule has 1 aromatic heterocycles. The third-order valence-corrected chi connectivity index (χ3v) is 5.61. The first-order valence-corrected chi connectivity index (χ1v) is 10.3. The van der Waals surface area contributed by atoms with Crippen molar-refractivity contribution in [1.82, 2.24) is 20.2 Å². The van der Waals surface area contributed by atoms with E-state index in [9.17, 15) is 4.79 Å². The van der Waals surface area contributed by atoms with Crippen LogP contribution in [0.2, 0.25) is 0 Å². The summed E-state index contributed by atoms with van der Waals surface area (Å²) in [6, 6.07) is 13.4. The molecule has 0 bridgehead atoms. The zero-order chi connectivity index (χ0) is 20.9. The molecule has 2 N–H and O–H groups in total. The van der Waals surface area contributed by atoms with Crippen molar-refractivity contribution in [3.63, 3.8) is 0 Å². The number of methoxy groups -OCH3 is 2. The van der Waals surface area contributed by atoms with E-state index in [0.717, 1.165) is 49.3 Å². The molecule has 1 aliphatic heterocycles. The van der Waals surface area contributed by atoms with Gasteiger partial charge in [0.1, 0.15) is 5.82 Å². The third-order valence-electron chi connectivity index (χ3n) is 5.61. The van der Waals surface area contributed by atoms with Gasteiger partial charge in [-0.05, 0) is 49.6 Å². The number of carbonyl (C=O) groups excluding carboxylic acids is 1. The van der Waals surface area contributed by atoms with Gasteiger partial charge in [-0.15, -0.1) is 0 Å². The average molecular weight is 409 g/mol. The third kappa shape index (κ3) is 4.41. The Labute approximate surface area is 176 Å². The van der Waals surface area contributed by atoms with E-state index in [-0.39, 0.29) is 5.91 Å². The standard InChI is InChI=1S/C23H28N4O3/c1-29-20-11-5-8-17(22(20)30-2)23(28)24-13-16-7-6-12-27(14-16)15-21-25-18-9-3-4-10-19(18)26-21/h3-5,8-11,16H,6-7,12-15H2,1-2H3,(H,24,28)(H,25,26)/t16-/m1/s1. The molecule has 0 aliphatic carbocycles. The van der Waals surface area contributed by atoms with E-state index in [1.807, 2.05) is 24.3 Å². The zero-order valence-corrected chi connectivity index (χ0v) is 17.5. The van der Waals surface area contributed by atoms with E-state index in [4.69, 9.17) is 9.47 Å². The molecular weight excluding hydrogens is 380 g/mol. The number of likely N-dealkylation sites (tertiary alicyclic amines) is 1. The fourth-order valence-electron chi connectivity index (χ4n) is 4.15. The van der Waals surface area contributed by atoms with Crippen molar-refractivity contribution in [3.8, 4) is 11.5 Å². The Bertz CT molecular complexity index is 984. The van der Waals surface area contributed by atoms with Gasteiger partial charge in [-0.3, -0.25) is 9.69 Å². The minimum Gasteiger partial charge on any atom is -0.493 e. The first-order chi connectivity index (χ1) is 14.7. The summed E-state index contributed by atoms with van der Waals surface area (Å²) in [6.07, 6.45) is 2.22. The molecule has 2 heterocycles. The summed E-state index contributed by atoms with van der Waals surface area (Å²) >= 11 is 0. The summed E-state index contributed by atoms with van der Waals surface area (Å²) in [7, 11) is 3.11. The number of aromatic nitrogens is 2. The molecule has 0 radical (unpaired) electrons. The Hall–Kier alpha value is -3.06. The highest BCUT2D eigenvalue weighted by Crippen LogP contribution is 2.30. The number of imidazole rings is 1. The predicted octanol–water partition coefficient (Wildman–Crippen LogP) is 3.22. The fraction of sp³-hybridized carbons (Fsp3) is 0.391. The lowest BCUT2D eigenvalue weighted by Crippen LogP contribution is -2.40. The highest BCUT2D eigenvalue weighted by molar-refractivity contribution is 5.97. The van der Waals surface area contributed by atoms with Crippen LogP contribution >= 0.6 is 0 Å². The van der Waals surface area contributed by atoms with Crippen LogP contribution in [0.3, 0.4) is 0 Å². The number of hydrogen-bond acceptors (Lipinski definition) is 5. The van der Waals surface area contributed by atoms with E-state index in [1.54, 1.807) is 32.4 Å². The van der Waals surface area contributed by atoms with E-state index < -0.39 is 0 Å². The molecule has 1 fully saturated rings. The SMILES string of the molecule is COc1cccc(C(=O)NC[C@H]2CCCN(Cc3nc4ccccc4[nH]3)C2)c1OC. The van der Waals surface area contributed by atoms with Gasteiger partial charge in [0.25, 0.3) is 5.91 Å². The lowest BCUT2D eigenvalue weighted by molar-refractivity contribution is 0.0926. The monoisotopic (exact) mass is 408 g/mol. The van der Waals surface area contributed by atoms with Gasteiger partial charge in [0.15, 0.2) is 11.5 Å². The number of nitrogens with zero attached hydrogens (tertiary/aromatic N) is 2. The molecule has 0 saturated carbocycles. The molecule has 7 nitrogen and oxygen atoms in total. The number of para-hydroxylation sites is 3. The number of carbonyl (C=O) groups is 1. The highest BCUT2D eigenvalue weighted by Gasteiger charge is 2.23. The molecule has 1 aliphatic rings. The zero-order valence-electron chi connectivity index (χ0n) is 17.5. The molecule has 7 heteroatoms. The van der Waals surface area contributed by atoms with Crippen molar-refractivity contribution in [1.29, 1.82) is 0 Å². The average Bonchev–Trinajstić information content (AvgIpc) is 3.19. The number of benzene rings is 2. The van der Waals surface area contributed by atoms with Crippen LogP contribution in [0, 0.1) is 5.92 Å². The number of hydrogen-bond donors (Lipinski definition) is 2. The van der Waals surface area contributed by atoms with Gasteiger partial charge in [0, 0.05) is 13.1 Å². The number of fused-ring (bicyclic) bond motifs is 1. The smallest absolute Gasteiger partial charge is 0.255 e. The number of nitrogens with one attached hydrogen (secondary N) is 2. The van der Waals surface area contributed by atoms with E-state index >= 15 is 0 Å². The van der Waals surface area contributed by atoms with Gasteiger partial charge >= 0.3 is 0 Å². The quantitative estimate of drug-likeness (QED) is 0.628. The van der Waals surface area contributed by atoms with E-state index in [1.165, 1.54) is 0 Å². The second kappa shape index (κ2) is 9.17. The molecule has 0 spiro atoms. The number of piperidine rings is 1. The minimum absolute atomic E-state index is 0.139. The lowest BCUT2D eigenvalue weighted by Gasteiger charge is -2.32. The van der Waals surface area contributed by atoms with Crippen molar-refractivity contribution in [2.75, 3.05) is 33.9 Å². The summed E-state index contributed by atoms with van der Waals surface area (Å²) in [6.45, 7) is 3.41. The number of amides is 1. The maximum absolute atomic E-state index is 12.7. The molecule has 1 amide bonds. The van der Waals surface area contributed by atoms with Crippen molar-refractivity contribution >= 4 is 16.9 Å². The number of ether oxygens (including phenoxy) is 2. The predicted molar refractivity (Wildman–Crippen MR) is 116 cm³/mol. The molecular formula is C23H28N4O3. The van der Waals surface area contributed by atoms with E-state index in [0.29, 0.717) is 29.5 Å². The summed E-state index contributed by atoms with van der Waals surface area (Å²) in [5.41, 5.74) is 2.56. The second-order valence-electron chi connectivity index (χ2n) is 7.70. The summed E-state index contributed by atoms with van der Waals surface area (Å²) < 4.78 is 10.7. The molecule has 0 unspecified atom stereocenters. The lowest BCUT2D eigenvalue weighted by atomic mass is 9.98. The Morgan fingerprint density at radius 3 is 2.87 bits per heavy atom. The van der Waals surface area contributed by atoms with Crippen molar-refractivity contribution in [2.45, 2.75) is 19.4 Å². The van der Waals surface area contributed by atoms with Gasteiger partial charge in [0.2, 0.25) is 0 Å². The fourth-order valence-corrected chi connectivity index (χ4v) is 4.15. The Kier molecular flexibility index (Phi) is 6.18. The van der Waals surface area contributed by atoms with Gasteiger partial charge < -0.3 is 19.8 Å². The first kappa shape index (κ1) is 20.2. The molecule has 30 heavy (non-hydrogen) atoms. The van der Waals surface area contributed by atoms with Crippen LogP contribution in [-0.4, -0.2) is 54.6 Å². The van der Waals surface area contributed by atoms with Crippen LogP contribution in [0.1, 0.15) is 29.0 Å². The minimum atomic E-state index is -0.139. The van der Waals surface area contributed by atoms with Crippen molar-refractivity contribution in [3.05, 3.63) is 53.9 Å². The largest absolute Gasteiger partial charge is 0.493 e. The van der Waals surface area contributed by atoms with Crippen LogP contribution in [0.15, 0.2) is 42.5 Å². The Morgan fingerprint density at radius 1 is 1.20 bits per heavy atom. The van der Waals surface area contributed by atoms with Crippen molar-refractivity contribution < 1.29 is 14.3 Å². The van der Waals surface area contributed by atoms with Crippen LogP contribution in [0.4, 0.5) is 0 Å². The van der Waals surface area contributed by atoms with Crippen molar-refractivity contribution in [2.24, 2.45) is 5.92 Å². The summed E-state index contributed by atoms with van der Waals surface area (Å²) in [5, 5.41) is 3.08. The summed E-state index contributed by atoms with van der Waals surface area (Å²) in [5.74, 6) is 2.28. The van der Waals surface area contributed by atoms with Crippen LogP contribution in [0.25, 0.3) is 11.0 Å². The maximum atomic E-state index is 12.7. The maximum Gasteiger partial charge on any atom is 0.255 e. The second-order valence-corrected chi connectivity index (χ2v) is 7.70. The number of H-pyrrole nitrogens is 1.